The Balaban J connectivity index is 2.69. The van der Waals surface area contributed by atoms with Crippen LogP contribution in [0.15, 0.2) is 47.0 Å². The molecule has 0 atom stereocenters. The lowest BCUT2D eigenvalue weighted by Crippen LogP contribution is -1.77. The van der Waals surface area contributed by atoms with E-state index >= 15 is 0 Å². The van der Waals surface area contributed by atoms with Crippen LogP contribution in [-0.4, -0.2) is 5.78 Å². The van der Waals surface area contributed by atoms with Gasteiger partial charge in [0.1, 0.15) is 0 Å². The Morgan fingerprint density at radius 3 is 2.64 bits per heavy atom. The van der Waals surface area contributed by atoms with Gasteiger partial charge in [-0.05, 0) is 24.6 Å². The highest BCUT2D eigenvalue weighted by Gasteiger charge is 1.90. The fourth-order valence-electron chi connectivity index (χ4n) is 0.961. The fraction of sp³-hybridized carbons (Fsp3) is 0.0833. The Hall–Kier alpha value is -1.15. The molecule has 0 bridgehead atoms. The fourth-order valence-corrected chi connectivity index (χ4v) is 1.38. The monoisotopic (exact) mass is 250 g/mol. The Kier molecular flexibility index (Phi) is 4.33. The molecule has 0 aliphatic carbocycles. The standard InChI is InChI=1S/C12H11BrO/c1-10(14)6-2-3-7-11-8-4-5-9-12(11)13/h2-9H,1H3/b6-2+,7-3+. The largest absolute Gasteiger partial charge is 0.295 e. The molecule has 1 nitrogen and oxygen atoms in total. The number of benzene rings is 1. The third kappa shape index (κ3) is 3.71. The van der Waals surface area contributed by atoms with E-state index in [-0.39, 0.29) is 5.78 Å². The van der Waals surface area contributed by atoms with Gasteiger partial charge in [0.15, 0.2) is 5.78 Å². The molecule has 1 aromatic carbocycles. The van der Waals surface area contributed by atoms with Crippen LogP contribution in [0.3, 0.4) is 0 Å². The number of carbonyl (C=O) groups is 1. The van der Waals surface area contributed by atoms with E-state index in [0.717, 1.165) is 10.0 Å². The molecular weight excluding hydrogens is 240 g/mol. The van der Waals surface area contributed by atoms with Crippen molar-refractivity contribution >= 4 is 27.8 Å². The number of ketones is 1. The Bertz CT molecular complexity index is 378. The molecule has 0 N–H and O–H groups in total. The van der Waals surface area contributed by atoms with Crippen LogP contribution in [0.5, 0.6) is 0 Å². The molecule has 0 aliphatic rings. The zero-order valence-corrected chi connectivity index (χ0v) is 9.49. The summed E-state index contributed by atoms with van der Waals surface area (Å²) in [5.74, 6) is 0.0572. The topological polar surface area (TPSA) is 17.1 Å². The number of halogens is 1. The summed E-state index contributed by atoms with van der Waals surface area (Å²) in [6, 6.07) is 7.92. The van der Waals surface area contributed by atoms with Gasteiger partial charge in [-0.1, -0.05) is 52.4 Å². The van der Waals surface area contributed by atoms with Crippen molar-refractivity contribution in [3.63, 3.8) is 0 Å². The molecule has 0 heterocycles. The molecule has 0 unspecified atom stereocenters. The molecule has 0 fully saturated rings. The maximum Gasteiger partial charge on any atom is 0.152 e. The van der Waals surface area contributed by atoms with Crippen LogP contribution in [0.2, 0.25) is 0 Å². The van der Waals surface area contributed by atoms with Gasteiger partial charge in [0, 0.05) is 4.47 Å². The molecule has 0 aromatic heterocycles. The summed E-state index contributed by atoms with van der Waals surface area (Å²) in [5, 5.41) is 0. The van der Waals surface area contributed by atoms with Gasteiger partial charge < -0.3 is 0 Å². The van der Waals surface area contributed by atoms with Crippen molar-refractivity contribution in [1.82, 2.24) is 0 Å². The summed E-state index contributed by atoms with van der Waals surface area (Å²) < 4.78 is 1.05. The molecule has 0 radical (unpaired) electrons. The third-order valence-electron chi connectivity index (χ3n) is 1.62. The van der Waals surface area contributed by atoms with E-state index in [1.165, 1.54) is 13.0 Å². The Morgan fingerprint density at radius 1 is 1.29 bits per heavy atom. The predicted molar refractivity (Wildman–Crippen MR) is 63.0 cm³/mol. The zero-order chi connectivity index (χ0) is 10.4. The minimum absolute atomic E-state index is 0.0572. The van der Waals surface area contributed by atoms with E-state index in [9.17, 15) is 4.79 Å². The second-order valence-corrected chi connectivity index (χ2v) is 3.70. The maximum absolute atomic E-state index is 10.6. The molecule has 0 saturated carbocycles. The van der Waals surface area contributed by atoms with Gasteiger partial charge in [-0.25, -0.2) is 0 Å². The van der Waals surface area contributed by atoms with Gasteiger partial charge in [0.05, 0.1) is 0 Å². The first-order chi connectivity index (χ1) is 6.70. The highest BCUT2D eigenvalue weighted by molar-refractivity contribution is 9.10. The first kappa shape index (κ1) is 10.9. The number of allylic oxidation sites excluding steroid dienone is 3. The summed E-state index contributed by atoms with van der Waals surface area (Å²) in [5.41, 5.74) is 1.10. The van der Waals surface area contributed by atoms with Crippen molar-refractivity contribution in [3.05, 3.63) is 52.5 Å². The average molecular weight is 251 g/mol. The Morgan fingerprint density at radius 2 is 2.00 bits per heavy atom. The van der Waals surface area contributed by atoms with Gasteiger partial charge in [-0.2, -0.15) is 0 Å². The molecule has 1 rings (SSSR count). The SMILES string of the molecule is CC(=O)/C=C/C=C/c1ccccc1Br. The quantitative estimate of drug-likeness (QED) is 0.592. The summed E-state index contributed by atoms with van der Waals surface area (Å²) >= 11 is 3.44. The van der Waals surface area contributed by atoms with Gasteiger partial charge >= 0.3 is 0 Å². The van der Waals surface area contributed by atoms with E-state index in [2.05, 4.69) is 15.9 Å². The normalized spacial score (nSPS) is 11.3. The maximum atomic E-state index is 10.6. The van der Waals surface area contributed by atoms with E-state index in [1.807, 2.05) is 36.4 Å². The minimum Gasteiger partial charge on any atom is -0.295 e. The molecule has 0 saturated heterocycles. The molecule has 72 valence electrons. The average Bonchev–Trinajstić information content (AvgIpc) is 2.15. The van der Waals surface area contributed by atoms with Crippen molar-refractivity contribution in [2.75, 3.05) is 0 Å². The molecule has 0 aliphatic heterocycles. The smallest absolute Gasteiger partial charge is 0.152 e. The van der Waals surface area contributed by atoms with E-state index in [0.29, 0.717) is 0 Å². The second kappa shape index (κ2) is 5.55. The molecule has 1 aromatic rings. The number of hydrogen-bond acceptors (Lipinski definition) is 1. The lowest BCUT2D eigenvalue weighted by Gasteiger charge is -1.94. The van der Waals surface area contributed by atoms with E-state index in [4.69, 9.17) is 0 Å². The lowest BCUT2D eigenvalue weighted by molar-refractivity contribution is -0.112. The molecule has 0 amide bonds. The Labute approximate surface area is 92.3 Å². The van der Waals surface area contributed by atoms with Crippen LogP contribution < -0.4 is 0 Å². The number of carbonyl (C=O) groups excluding carboxylic acids is 1. The molecule has 0 spiro atoms. The first-order valence-corrected chi connectivity index (χ1v) is 5.09. The van der Waals surface area contributed by atoms with Gasteiger partial charge in [-0.15, -0.1) is 0 Å². The van der Waals surface area contributed by atoms with Crippen molar-refractivity contribution in [3.8, 4) is 0 Å². The highest BCUT2D eigenvalue weighted by Crippen LogP contribution is 2.16. The van der Waals surface area contributed by atoms with Crippen LogP contribution >= 0.6 is 15.9 Å². The van der Waals surface area contributed by atoms with E-state index < -0.39 is 0 Å². The van der Waals surface area contributed by atoms with Crippen LogP contribution in [0.1, 0.15) is 12.5 Å². The lowest BCUT2D eigenvalue weighted by atomic mass is 10.2. The number of hydrogen-bond donors (Lipinski definition) is 0. The van der Waals surface area contributed by atoms with Crippen LogP contribution in [0.25, 0.3) is 6.08 Å². The summed E-state index contributed by atoms with van der Waals surface area (Å²) in [6.07, 6.45) is 7.07. The van der Waals surface area contributed by atoms with Crippen molar-refractivity contribution in [2.24, 2.45) is 0 Å². The molecule has 2 heteroatoms. The van der Waals surface area contributed by atoms with Crippen LogP contribution in [0.4, 0.5) is 0 Å². The van der Waals surface area contributed by atoms with Crippen molar-refractivity contribution in [1.29, 1.82) is 0 Å². The van der Waals surface area contributed by atoms with Crippen molar-refractivity contribution in [2.45, 2.75) is 6.92 Å². The second-order valence-electron chi connectivity index (χ2n) is 2.85. The van der Waals surface area contributed by atoms with Gasteiger partial charge in [0.2, 0.25) is 0 Å². The predicted octanol–water partition coefficient (Wildman–Crippen LogP) is 3.61. The summed E-state index contributed by atoms with van der Waals surface area (Å²) in [6.45, 7) is 1.53. The van der Waals surface area contributed by atoms with Gasteiger partial charge in [0.25, 0.3) is 0 Å². The van der Waals surface area contributed by atoms with Crippen molar-refractivity contribution < 1.29 is 4.79 Å². The summed E-state index contributed by atoms with van der Waals surface area (Å²) in [7, 11) is 0. The summed E-state index contributed by atoms with van der Waals surface area (Å²) in [4.78, 5) is 10.6. The highest BCUT2D eigenvalue weighted by atomic mass is 79.9. The number of rotatable bonds is 3. The van der Waals surface area contributed by atoms with Crippen LogP contribution in [-0.2, 0) is 4.79 Å². The molecule has 14 heavy (non-hydrogen) atoms. The van der Waals surface area contributed by atoms with E-state index in [1.54, 1.807) is 6.08 Å². The zero-order valence-electron chi connectivity index (χ0n) is 7.91. The first-order valence-electron chi connectivity index (χ1n) is 4.30. The van der Waals surface area contributed by atoms with Crippen LogP contribution in [0, 0.1) is 0 Å². The third-order valence-corrected chi connectivity index (χ3v) is 2.35. The minimum atomic E-state index is 0.0572. The molecular formula is C12H11BrO. The van der Waals surface area contributed by atoms with Gasteiger partial charge in [-0.3, -0.25) is 4.79 Å².